The van der Waals surface area contributed by atoms with Crippen LogP contribution in [0.15, 0.2) is 30.3 Å². The van der Waals surface area contributed by atoms with Gasteiger partial charge >= 0.3 is 0 Å². The smallest absolute Gasteiger partial charge is 0.291 e. The molecule has 0 unspecified atom stereocenters. The average Bonchev–Trinajstić information content (AvgIpc) is 2.93. The number of aromatic hydroxyl groups is 1. The SMILES string of the molecule is Cc1cc(I)ccc1Nc1c(-c2nnc(O)s2)ccc(F)c1F. The molecule has 2 aromatic carbocycles. The van der Waals surface area contributed by atoms with E-state index in [1.165, 1.54) is 6.07 Å². The van der Waals surface area contributed by atoms with Gasteiger partial charge in [-0.3, -0.25) is 0 Å². The Balaban J connectivity index is 2.11. The molecule has 0 radical (unpaired) electrons. The monoisotopic (exact) mass is 445 g/mol. The maximum atomic E-state index is 14.3. The van der Waals surface area contributed by atoms with E-state index in [-0.39, 0.29) is 10.9 Å². The van der Waals surface area contributed by atoms with Crippen molar-refractivity contribution >= 4 is 45.3 Å². The molecule has 4 nitrogen and oxygen atoms in total. The molecule has 1 aromatic heterocycles. The predicted molar refractivity (Wildman–Crippen MR) is 94.1 cm³/mol. The van der Waals surface area contributed by atoms with Gasteiger partial charge in [0.15, 0.2) is 16.6 Å². The molecule has 0 aliphatic heterocycles. The van der Waals surface area contributed by atoms with Crippen LogP contribution in [-0.2, 0) is 0 Å². The minimum Gasteiger partial charge on any atom is -0.485 e. The van der Waals surface area contributed by atoms with Gasteiger partial charge < -0.3 is 10.4 Å². The highest BCUT2D eigenvalue weighted by atomic mass is 127. The fourth-order valence-electron chi connectivity index (χ4n) is 2.08. The first-order valence-electron chi connectivity index (χ1n) is 6.49. The first-order chi connectivity index (χ1) is 11.0. The van der Waals surface area contributed by atoms with Crippen molar-refractivity contribution in [3.05, 3.63) is 51.1 Å². The van der Waals surface area contributed by atoms with E-state index in [4.69, 9.17) is 0 Å². The number of halogens is 3. The first-order valence-corrected chi connectivity index (χ1v) is 8.39. The number of aryl methyl sites for hydroxylation is 1. The molecule has 0 aliphatic rings. The average molecular weight is 445 g/mol. The van der Waals surface area contributed by atoms with Gasteiger partial charge in [-0.05, 0) is 65.4 Å². The lowest BCUT2D eigenvalue weighted by molar-refractivity contribution is 0.465. The number of benzene rings is 2. The van der Waals surface area contributed by atoms with E-state index in [0.717, 1.165) is 26.5 Å². The summed E-state index contributed by atoms with van der Waals surface area (Å²) in [6.07, 6.45) is 0. The molecule has 0 aliphatic carbocycles. The van der Waals surface area contributed by atoms with Gasteiger partial charge in [-0.2, -0.15) is 0 Å². The van der Waals surface area contributed by atoms with Crippen LogP contribution in [0.2, 0.25) is 0 Å². The molecule has 0 spiro atoms. The van der Waals surface area contributed by atoms with Crippen LogP contribution in [0.1, 0.15) is 5.56 Å². The summed E-state index contributed by atoms with van der Waals surface area (Å²) in [6.45, 7) is 1.87. The molecule has 0 bridgehead atoms. The van der Waals surface area contributed by atoms with Crippen molar-refractivity contribution in [3.63, 3.8) is 0 Å². The van der Waals surface area contributed by atoms with Crippen molar-refractivity contribution in [2.75, 3.05) is 5.32 Å². The van der Waals surface area contributed by atoms with E-state index in [2.05, 4.69) is 38.1 Å². The van der Waals surface area contributed by atoms with E-state index < -0.39 is 11.6 Å². The van der Waals surface area contributed by atoms with Gasteiger partial charge in [0.05, 0.1) is 5.69 Å². The molecule has 1 heterocycles. The molecule has 8 heteroatoms. The van der Waals surface area contributed by atoms with Crippen molar-refractivity contribution < 1.29 is 13.9 Å². The Labute approximate surface area is 148 Å². The first kappa shape index (κ1) is 16.1. The van der Waals surface area contributed by atoms with Gasteiger partial charge in [-0.25, -0.2) is 8.78 Å². The highest BCUT2D eigenvalue weighted by Crippen LogP contribution is 2.37. The van der Waals surface area contributed by atoms with E-state index >= 15 is 0 Å². The third-order valence-corrected chi connectivity index (χ3v) is 4.62. The molecular formula is C15H10F2IN3OS. The van der Waals surface area contributed by atoms with Crippen LogP contribution in [0.5, 0.6) is 5.19 Å². The van der Waals surface area contributed by atoms with E-state index in [9.17, 15) is 13.9 Å². The summed E-state index contributed by atoms with van der Waals surface area (Å²) in [4.78, 5) is 0. The number of rotatable bonds is 3. The maximum absolute atomic E-state index is 14.3. The Morgan fingerprint density at radius 3 is 2.61 bits per heavy atom. The molecule has 0 fully saturated rings. The van der Waals surface area contributed by atoms with Crippen molar-refractivity contribution in [1.29, 1.82) is 0 Å². The quantitative estimate of drug-likeness (QED) is 0.567. The van der Waals surface area contributed by atoms with Gasteiger partial charge in [-0.1, -0.05) is 16.4 Å². The molecule has 2 N–H and O–H groups in total. The van der Waals surface area contributed by atoms with Gasteiger partial charge in [0.2, 0.25) is 0 Å². The standard InChI is InChI=1S/C15H10F2IN3OS/c1-7-6-8(18)2-5-11(7)19-13-9(3-4-10(16)12(13)17)14-20-21-15(22)23-14/h2-6,19H,1H3,(H,21,22). The zero-order chi connectivity index (χ0) is 16.6. The van der Waals surface area contributed by atoms with Crippen LogP contribution in [0.3, 0.4) is 0 Å². The zero-order valence-corrected chi connectivity index (χ0v) is 14.7. The minimum atomic E-state index is -1.00. The number of hydrogen-bond acceptors (Lipinski definition) is 5. The topological polar surface area (TPSA) is 58.0 Å². The second kappa shape index (κ2) is 6.36. The molecule has 3 aromatic rings. The van der Waals surface area contributed by atoms with E-state index in [1.54, 1.807) is 6.07 Å². The summed E-state index contributed by atoms with van der Waals surface area (Å²) in [5.74, 6) is -1.97. The lowest BCUT2D eigenvalue weighted by Crippen LogP contribution is -2.01. The summed E-state index contributed by atoms with van der Waals surface area (Å²) in [7, 11) is 0. The molecule has 118 valence electrons. The second-order valence-corrected chi connectivity index (χ2v) is 6.96. The summed E-state index contributed by atoms with van der Waals surface area (Å²) in [5.41, 5.74) is 1.85. The van der Waals surface area contributed by atoms with Crippen LogP contribution >= 0.6 is 33.9 Å². The Morgan fingerprint density at radius 1 is 1.17 bits per heavy atom. The Morgan fingerprint density at radius 2 is 1.96 bits per heavy atom. The van der Waals surface area contributed by atoms with Crippen molar-refractivity contribution in [2.45, 2.75) is 6.92 Å². The lowest BCUT2D eigenvalue weighted by Gasteiger charge is -2.14. The fourth-order valence-corrected chi connectivity index (χ4v) is 3.34. The predicted octanol–water partition coefficient (Wildman–Crippen LogP) is 4.85. The summed E-state index contributed by atoms with van der Waals surface area (Å²) >= 11 is 3.07. The number of hydrogen-bond donors (Lipinski definition) is 2. The molecule has 0 atom stereocenters. The zero-order valence-electron chi connectivity index (χ0n) is 11.8. The Bertz CT molecular complexity index is 885. The number of nitrogens with zero attached hydrogens (tertiary/aromatic N) is 2. The van der Waals surface area contributed by atoms with Gasteiger partial charge in [0.1, 0.15) is 0 Å². The van der Waals surface area contributed by atoms with Gasteiger partial charge in [0, 0.05) is 14.8 Å². The van der Waals surface area contributed by atoms with Crippen molar-refractivity contribution in [3.8, 4) is 15.8 Å². The van der Waals surface area contributed by atoms with Crippen molar-refractivity contribution in [2.24, 2.45) is 0 Å². The van der Waals surface area contributed by atoms with Gasteiger partial charge in [0.25, 0.3) is 5.19 Å². The number of anilines is 2. The maximum Gasteiger partial charge on any atom is 0.291 e. The lowest BCUT2D eigenvalue weighted by atomic mass is 10.1. The normalized spacial score (nSPS) is 10.8. The van der Waals surface area contributed by atoms with E-state index in [1.807, 2.05) is 19.1 Å². The Kier molecular flexibility index (Phi) is 4.44. The second-order valence-electron chi connectivity index (χ2n) is 4.76. The third kappa shape index (κ3) is 3.27. The van der Waals surface area contributed by atoms with Crippen LogP contribution in [0, 0.1) is 22.1 Å². The molecule has 3 rings (SSSR count). The van der Waals surface area contributed by atoms with Crippen molar-refractivity contribution in [1.82, 2.24) is 10.2 Å². The van der Waals surface area contributed by atoms with Crippen LogP contribution in [-0.4, -0.2) is 15.3 Å². The summed E-state index contributed by atoms with van der Waals surface area (Å²) in [6, 6.07) is 8.01. The molecule has 0 saturated heterocycles. The third-order valence-electron chi connectivity index (χ3n) is 3.19. The minimum absolute atomic E-state index is 0.0366. The Hall–Kier alpha value is -1.81. The van der Waals surface area contributed by atoms with Crippen LogP contribution in [0.4, 0.5) is 20.2 Å². The number of aromatic nitrogens is 2. The van der Waals surface area contributed by atoms with Gasteiger partial charge in [-0.15, -0.1) is 5.10 Å². The summed E-state index contributed by atoms with van der Waals surface area (Å²) in [5, 5.41) is 19.6. The molecule has 0 amide bonds. The molecule has 0 saturated carbocycles. The van der Waals surface area contributed by atoms with Crippen LogP contribution in [0.25, 0.3) is 10.6 Å². The van der Waals surface area contributed by atoms with Crippen LogP contribution < -0.4 is 5.32 Å². The highest BCUT2D eigenvalue weighted by Gasteiger charge is 2.18. The largest absolute Gasteiger partial charge is 0.485 e. The fraction of sp³-hybridized carbons (Fsp3) is 0.0667. The molecule has 23 heavy (non-hydrogen) atoms. The summed E-state index contributed by atoms with van der Waals surface area (Å²) < 4.78 is 29.0. The number of nitrogens with one attached hydrogen (secondary N) is 1. The van der Waals surface area contributed by atoms with E-state index in [0.29, 0.717) is 16.3 Å². The molecular weight excluding hydrogens is 435 g/mol. The highest BCUT2D eigenvalue weighted by molar-refractivity contribution is 14.1.